The van der Waals surface area contributed by atoms with Gasteiger partial charge in [0, 0.05) is 5.69 Å². The Kier molecular flexibility index (Phi) is 3.57. The normalized spacial score (nSPS) is 10.0. The van der Waals surface area contributed by atoms with Crippen LogP contribution in [0.2, 0.25) is 0 Å². The van der Waals surface area contributed by atoms with Crippen LogP contribution in [-0.2, 0) is 6.42 Å². The smallest absolute Gasteiger partial charge is 0.142 e. The van der Waals surface area contributed by atoms with Gasteiger partial charge in [0.25, 0.3) is 0 Å². The van der Waals surface area contributed by atoms with Gasteiger partial charge in [-0.3, -0.25) is 0 Å². The molecule has 4 N–H and O–H groups in total. The van der Waals surface area contributed by atoms with Gasteiger partial charge in [-0.1, -0.05) is 31.2 Å². The lowest BCUT2D eigenvalue weighted by Crippen LogP contribution is -2.09. The van der Waals surface area contributed by atoms with Crippen molar-refractivity contribution in [2.24, 2.45) is 5.84 Å². The molecule has 4 nitrogen and oxygen atoms in total. The molecule has 0 aliphatic heterocycles. The van der Waals surface area contributed by atoms with Crippen molar-refractivity contribution in [1.29, 1.82) is 0 Å². The summed E-state index contributed by atoms with van der Waals surface area (Å²) in [5, 5.41) is 3.29. The highest BCUT2D eigenvalue weighted by atomic mass is 15.3. The van der Waals surface area contributed by atoms with E-state index >= 15 is 0 Å². The Morgan fingerprint density at radius 3 is 2.59 bits per heavy atom. The zero-order valence-electron chi connectivity index (χ0n) is 9.77. The van der Waals surface area contributed by atoms with E-state index in [1.807, 2.05) is 36.4 Å². The van der Waals surface area contributed by atoms with E-state index in [9.17, 15) is 0 Å². The van der Waals surface area contributed by atoms with Crippen LogP contribution in [0.1, 0.15) is 12.5 Å². The summed E-state index contributed by atoms with van der Waals surface area (Å²) < 4.78 is 0. The van der Waals surface area contributed by atoms with Crippen LogP contribution in [0.15, 0.2) is 42.5 Å². The molecule has 2 aromatic rings. The van der Waals surface area contributed by atoms with Crippen molar-refractivity contribution in [3.63, 3.8) is 0 Å². The third kappa shape index (κ3) is 2.73. The average Bonchev–Trinajstić information content (AvgIpc) is 2.39. The minimum Gasteiger partial charge on any atom is -0.340 e. The summed E-state index contributed by atoms with van der Waals surface area (Å²) in [6.07, 6.45) is 0.984. The molecule has 0 unspecified atom stereocenters. The molecule has 0 amide bonds. The number of nitrogens with one attached hydrogen (secondary N) is 2. The fraction of sp³-hybridized carbons (Fsp3) is 0.154. The number of hydrazine groups is 1. The molecule has 2 rings (SSSR count). The van der Waals surface area contributed by atoms with Gasteiger partial charge >= 0.3 is 0 Å². The van der Waals surface area contributed by atoms with E-state index in [-0.39, 0.29) is 0 Å². The molecule has 0 spiro atoms. The number of hydrogen-bond donors (Lipinski definition) is 3. The van der Waals surface area contributed by atoms with Crippen LogP contribution >= 0.6 is 0 Å². The van der Waals surface area contributed by atoms with E-state index in [0.717, 1.165) is 17.9 Å². The summed E-state index contributed by atoms with van der Waals surface area (Å²) in [5.41, 5.74) is 4.88. The van der Waals surface area contributed by atoms with E-state index in [2.05, 4.69) is 28.7 Å². The van der Waals surface area contributed by atoms with Gasteiger partial charge in [0.2, 0.25) is 0 Å². The molecule has 88 valence electrons. The highest BCUT2D eigenvalue weighted by Gasteiger charge is 2.01. The maximum atomic E-state index is 5.33. The summed E-state index contributed by atoms with van der Waals surface area (Å²) >= 11 is 0. The zero-order valence-corrected chi connectivity index (χ0v) is 9.77. The lowest BCUT2D eigenvalue weighted by Gasteiger charge is -2.10. The zero-order chi connectivity index (χ0) is 12.1. The van der Waals surface area contributed by atoms with Crippen molar-refractivity contribution in [3.8, 4) is 0 Å². The van der Waals surface area contributed by atoms with E-state index in [1.54, 1.807) is 0 Å². The van der Waals surface area contributed by atoms with Crippen molar-refractivity contribution in [1.82, 2.24) is 4.98 Å². The first-order chi connectivity index (χ1) is 8.33. The number of aryl methyl sites for hydroxylation is 1. The Labute approximate surface area is 101 Å². The van der Waals surface area contributed by atoms with Crippen molar-refractivity contribution in [2.45, 2.75) is 13.3 Å². The average molecular weight is 228 g/mol. The van der Waals surface area contributed by atoms with Gasteiger partial charge in [0.15, 0.2) is 0 Å². The second kappa shape index (κ2) is 5.32. The van der Waals surface area contributed by atoms with Gasteiger partial charge in [0.05, 0.1) is 0 Å². The maximum absolute atomic E-state index is 5.33. The van der Waals surface area contributed by atoms with Crippen LogP contribution in [0.4, 0.5) is 17.3 Å². The topological polar surface area (TPSA) is 63.0 Å². The molecule has 0 radical (unpaired) electrons. The number of rotatable bonds is 4. The van der Waals surface area contributed by atoms with Crippen LogP contribution in [0.5, 0.6) is 0 Å². The van der Waals surface area contributed by atoms with Gasteiger partial charge in [-0.05, 0) is 30.2 Å². The van der Waals surface area contributed by atoms with Crippen LogP contribution in [0.3, 0.4) is 0 Å². The second-order valence-corrected chi connectivity index (χ2v) is 3.69. The highest BCUT2D eigenvalue weighted by molar-refractivity contribution is 5.61. The van der Waals surface area contributed by atoms with E-state index in [0.29, 0.717) is 5.82 Å². The van der Waals surface area contributed by atoms with Gasteiger partial charge in [0.1, 0.15) is 11.6 Å². The third-order valence-corrected chi connectivity index (χ3v) is 2.56. The number of pyridine rings is 1. The molecule has 0 aliphatic carbocycles. The number of hydrogen-bond acceptors (Lipinski definition) is 4. The van der Waals surface area contributed by atoms with E-state index < -0.39 is 0 Å². The van der Waals surface area contributed by atoms with Gasteiger partial charge in [-0.25, -0.2) is 10.8 Å². The van der Waals surface area contributed by atoms with Crippen LogP contribution < -0.4 is 16.6 Å². The molecule has 0 atom stereocenters. The second-order valence-electron chi connectivity index (χ2n) is 3.69. The first-order valence-corrected chi connectivity index (χ1v) is 5.62. The van der Waals surface area contributed by atoms with Crippen LogP contribution in [0.25, 0.3) is 0 Å². The predicted molar refractivity (Wildman–Crippen MR) is 71.1 cm³/mol. The molecular weight excluding hydrogens is 212 g/mol. The van der Waals surface area contributed by atoms with Crippen molar-refractivity contribution >= 4 is 17.3 Å². The third-order valence-electron chi connectivity index (χ3n) is 2.56. The molecule has 0 fully saturated rings. The summed E-state index contributed by atoms with van der Waals surface area (Å²) in [6, 6.07) is 13.8. The van der Waals surface area contributed by atoms with Gasteiger partial charge in [-0.15, -0.1) is 0 Å². The fourth-order valence-corrected chi connectivity index (χ4v) is 1.67. The molecule has 0 aliphatic rings. The molecule has 1 heterocycles. The monoisotopic (exact) mass is 228 g/mol. The standard InChI is InChI=1S/C13H16N4/c1-2-10-6-3-4-7-11(10)15-12-8-5-9-13(16-12)17-14/h3-9H,2,14H2,1H3,(H2,15,16,17). The van der Waals surface area contributed by atoms with Crippen molar-refractivity contribution in [3.05, 3.63) is 48.0 Å². The number of anilines is 3. The first-order valence-electron chi connectivity index (χ1n) is 5.62. The quantitative estimate of drug-likeness (QED) is 0.556. The Morgan fingerprint density at radius 1 is 1.06 bits per heavy atom. The highest BCUT2D eigenvalue weighted by Crippen LogP contribution is 2.20. The van der Waals surface area contributed by atoms with E-state index in [1.165, 1.54) is 5.56 Å². The molecular formula is C13H16N4. The van der Waals surface area contributed by atoms with Crippen molar-refractivity contribution < 1.29 is 0 Å². The molecule has 17 heavy (non-hydrogen) atoms. The Balaban J connectivity index is 2.24. The maximum Gasteiger partial charge on any atom is 0.142 e. The largest absolute Gasteiger partial charge is 0.340 e. The number of para-hydroxylation sites is 1. The molecule has 4 heteroatoms. The van der Waals surface area contributed by atoms with Crippen LogP contribution in [0, 0.1) is 0 Å². The summed E-state index contributed by atoms with van der Waals surface area (Å²) in [6.45, 7) is 2.13. The Bertz CT molecular complexity index is 496. The summed E-state index contributed by atoms with van der Waals surface area (Å²) in [7, 11) is 0. The summed E-state index contributed by atoms with van der Waals surface area (Å²) in [4.78, 5) is 4.31. The molecule has 0 saturated heterocycles. The Hall–Kier alpha value is -2.07. The minimum atomic E-state index is 0.643. The number of nitrogens with two attached hydrogens (primary N) is 1. The molecule has 1 aromatic carbocycles. The van der Waals surface area contributed by atoms with Gasteiger partial charge in [-0.2, -0.15) is 0 Å². The number of nitrogens with zero attached hydrogens (tertiary/aromatic N) is 1. The van der Waals surface area contributed by atoms with Crippen molar-refractivity contribution in [2.75, 3.05) is 10.7 Å². The van der Waals surface area contributed by atoms with Gasteiger partial charge < -0.3 is 10.7 Å². The predicted octanol–water partition coefficient (Wildman–Crippen LogP) is 2.67. The lowest BCUT2D eigenvalue weighted by molar-refractivity contribution is 1.14. The molecule has 1 aromatic heterocycles. The fourth-order valence-electron chi connectivity index (χ4n) is 1.67. The Morgan fingerprint density at radius 2 is 1.82 bits per heavy atom. The SMILES string of the molecule is CCc1ccccc1Nc1cccc(NN)n1. The number of nitrogen functional groups attached to an aromatic ring is 1. The number of aromatic nitrogens is 1. The minimum absolute atomic E-state index is 0.643. The lowest BCUT2D eigenvalue weighted by atomic mass is 10.1. The van der Waals surface area contributed by atoms with E-state index in [4.69, 9.17) is 5.84 Å². The number of benzene rings is 1. The summed E-state index contributed by atoms with van der Waals surface area (Å²) in [5.74, 6) is 6.75. The molecule has 0 bridgehead atoms. The molecule has 0 saturated carbocycles. The van der Waals surface area contributed by atoms with Crippen LogP contribution in [-0.4, -0.2) is 4.98 Å². The first kappa shape index (κ1) is 11.4.